The van der Waals surface area contributed by atoms with Gasteiger partial charge in [0.1, 0.15) is 12.4 Å². The molecule has 0 bridgehead atoms. The van der Waals surface area contributed by atoms with E-state index in [-0.39, 0.29) is 5.91 Å². The number of H-pyrrole nitrogens is 1. The topological polar surface area (TPSA) is 89.7 Å². The smallest absolute Gasteiger partial charge is 0.231 e. The summed E-state index contributed by atoms with van der Waals surface area (Å²) in [6.45, 7) is 7.40. The Morgan fingerprint density at radius 1 is 1.03 bits per heavy atom. The zero-order valence-electron chi connectivity index (χ0n) is 23.4. The molecule has 1 amide bonds. The SMILES string of the molecule is CCc1c(C)[nH]c2c(OCc3ccccc3C)cccc12.CNC(=O)[CH2][In]([CH3])[CH]=O.c1ccc2c(c1)OCO2. The summed E-state index contributed by atoms with van der Waals surface area (Å²) in [4.78, 5) is 24.1. The Labute approximate surface area is 238 Å². The van der Waals surface area contributed by atoms with E-state index in [2.05, 4.69) is 67.5 Å². The van der Waals surface area contributed by atoms with Crippen LogP contribution in [-0.4, -0.2) is 50.2 Å². The molecule has 0 spiro atoms. The van der Waals surface area contributed by atoms with Crippen molar-refractivity contribution < 1.29 is 23.8 Å². The summed E-state index contributed by atoms with van der Waals surface area (Å²) in [6, 6.07) is 22.3. The third-order valence-electron chi connectivity index (χ3n) is 6.41. The number of hydrogen-bond donors (Lipinski definition) is 2. The second-order valence-corrected chi connectivity index (χ2v) is 16.8. The molecule has 2 N–H and O–H groups in total. The van der Waals surface area contributed by atoms with Crippen LogP contribution < -0.4 is 19.5 Å². The van der Waals surface area contributed by atoms with Crippen molar-refractivity contribution in [2.24, 2.45) is 0 Å². The summed E-state index contributed by atoms with van der Waals surface area (Å²) in [5.74, 6) is 2.62. The van der Waals surface area contributed by atoms with Gasteiger partial charge in [-0.15, -0.1) is 0 Å². The van der Waals surface area contributed by atoms with E-state index in [9.17, 15) is 9.59 Å². The van der Waals surface area contributed by atoms with Gasteiger partial charge in [0.15, 0.2) is 11.5 Å². The van der Waals surface area contributed by atoms with Crippen molar-refractivity contribution in [2.45, 2.75) is 42.7 Å². The Balaban J connectivity index is 0.000000192. The molecule has 0 radical (unpaired) electrons. The van der Waals surface area contributed by atoms with Crippen molar-refractivity contribution in [3.63, 3.8) is 0 Å². The Morgan fingerprint density at radius 3 is 2.31 bits per heavy atom. The molecule has 39 heavy (non-hydrogen) atoms. The quantitative estimate of drug-likeness (QED) is 0.245. The molecule has 204 valence electrons. The number of hydrogen-bond acceptors (Lipinski definition) is 5. The van der Waals surface area contributed by atoms with Gasteiger partial charge < -0.3 is 19.2 Å². The van der Waals surface area contributed by atoms with Crippen LogP contribution in [0.15, 0.2) is 66.7 Å². The number of aromatic amines is 1. The second kappa shape index (κ2) is 15.3. The van der Waals surface area contributed by atoms with Crippen LogP contribution in [0.5, 0.6) is 17.2 Å². The fraction of sp³-hybridized carbons (Fsp3) is 0.290. The van der Waals surface area contributed by atoms with Gasteiger partial charge in [0.05, 0.1) is 5.52 Å². The minimum Gasteiger partial charge on any atom is -0.454 e. The van der Waals surface area contributed by atoms with Crippen molar-refractivity contribution in [2.75, 3.05) is 13.8 Å². The standard InChI is InChI=1S/C19H21NO.C7H6O2.C3H6NO.CHO.CH3.In/c1-4-16-14(3)20-19-17(16)10-7-11-18(19)21-12-15-9-6-5-8-13(15)2;1-2-4-7-6(3-1)8-5-9-7;1-3(5)4-2;1-2;;/h5-11,20H,4,12H2,1-3H3;1-4H,5H2;1H2,2H3,(H,4,5);1H;1H3;. The molecule has 0 unspecified atom stereocenters. The molecule has 1 aromatic heterocycles. The molecule has 0 fully saturated rings. The average molecular weight is 632 g/mol. The van der Waals surface area contributed by atoms with Crippen LogP contribution in [0.1, 0.15) is 29.3 Å². The van der Waals surface area contributed by atoms with Gasteiger partial charge in [0.2, 0.25) is 6.79 Å². The van der Waals surface area contributed by atoms with Gasteiger partial charge >= 0.3 is 62.2 Å². The van der Waals surface area contributed by atoms with Gasteiger partial charge in [-0.2, -0.15) is 0 Å². The predicted molar refractivity (Wildman–Crippen MR) is 158 cm³/mol. The summed E-state index contributed by atoms with van der Waals surface area (Å²) in [5.41, 5.74) is 6.22. The van der Waals surface area contributed by atoms with Crippen LogP contribution in [0, 0.1) is 13.8 Å². The summed E-state index contributed by atoms with van der Waals surface area (Å²) in [6.07, 6.45) is 1.03. The zero-order chi connectivity index (χ0) is 28.2. The van der Waals surface area contributed by atoms with E-state index >= 15 is 0 Å². The number of para-hydroxylation sites is 3. The average Bonchev–Trinajstić information content (AvgIpc) is 3.56. The van der Waals surface area contributed by atoms with E-state index in [1.165, 1.54) is 27.8 Å². The second-order valence-electron chi connectivity index (χ2n) is 9.32. The molecule has 5 rings (SSSR count). The van der Waals surface area contributed by atoms with Crippen LogP contribution in [-0.2, 0) is 22.6 Å². The molecule has 0 atom stereocenters. The third-order valence-corrected chi connectivity index (χ3v) is 10.6. The van der Waals surface area contributed by atoms with Crippen molar-refractivity contribution >= 4 is 42.3 Å². The molecule has 0 saturated heterocycles. The van der Waals surface area contributed by atoms with E-state index in [0.29, 0.717) is 17.6 Å². The summed E-state index contributed by atoms with van der Waals surface area (Å²) in [5, 5.41) is 3.76. The minimum absolute atomic E-state index is 0.00500. The fourth-order valence-electron chi connectivity index (χ4n) is 4.17. The van der Waals surface area contributed by atoms with Gasteiger partial charge in [0, 0.05) is 11.1 Å². The van der Waals surface area contributed by atoms with Crippen molar-refractivity contribution in [3.05, 3.63) is 89.1 Å². The maximum Gasteiger partial charge on any atom is 0.231 e. The molecule has 7 nitrogen and oxygen atoms in total. The molecule has 0 aliphatic carbocycles. The molecular formula is C31H37InN2O5. The first kappa shape index (κ1) is 30.2. The van der Waals surface area contributed by atoms with Gasteiger partial charge in [-0.05, 0) is 55.2 Å². The summed E-state index contributed by atoms with van der Waals surface area (Å²) in [7, 11) is 1.59. The third kappa shape index (κ3) is 8.55. The predicted octanol–water partition coefficient (Wildman–Crippen LogP) is 5.97. The molecule has 3 aromatic carbocycles. The number of carbonyl (C=O) groups is 2. The number of fused-ring (bicyclic) bond motifs is 2. The van der Waals surface area contributed by atoms with E-state index in [0.717, 1.165) is 33.2 Å². The Morgan fingerprint density at radius 2 is 1.69 bits per heavy atom. The molecule has 1 aliphatic rings. The van der Waals surface area contributed by atoms with E-state index < -0.39 is 21.4 Å². The zero-order valence-corrected chi connectivity index (χ0v) is 26.7. The Hall–Kier alpha value is -3.39. The first-order valence-electron chi connectivity index (χ1n) is 13.2. The number of rotatable bonds is 7. The van der Waals surface area contributed by atoms with E-state index in [1.807, 2.05) is 35.0 Å². The Kier molecular flexibility index (Phi) is 11.8. The number of carbonyl (C=O) groups excluding carboxylic acids is 2. The van der Waals surface area contributed by atoms with Gasteiger partial charge in [-0.1, -0.05) is 55.5 Å². The first-order valence-corrected chi connectivity index (χ1v) is 20.7. The summed E-state index contributed by atoms with van der Waals surface area (Å²) < 4.78 is 19.6. The first-order chi connectivity index (χ1) is 18.9. The molecule has 1 aliphatic heterocycles. The molecule has 2 heterocycles. The molecular weight excluding hydrogens is 595 g/mol. The summed E-state index contributed by atoms with van der Waals surface area (Å²) >= 11 is -1.96. The molecule has 4 aromatic rings. The number of nitrogens with one attached hydrogen (secondary N) is 2. The normalized spacial score (nSPS) is 11.0. The number of benzene rings is 3. The monoisotopic (exact) mass is 632 g/mol. The van der Waals surface area contributed by atoms with Gasteiger partial charge in [-0.3, -0.25) is 0 Å². The number of aryl methyl sites for hydroxylation is 3. The van der Waals surface area contributed by atoms with Gasteiger partial charge in [-0.25, -0.2) is 0 Å². The van der Waals surface area contributed by atoms with Crippen LogP contribution in [0.3, 0.4) is 0 Å². The molecule has 0 saturated carbocycles. The minimum atomic E-state index is -1.96. The van der Waals surface area contributed by atoms with Crippen molar-refractivity contribution in [1.82, 2.24) is 10.3 Å². The van der Waals surface area contributed by atoms with Crippen LogP contribution >= 0.6 is 0 Å². The van der Waals surface area contributed by atoms with Crippen LogP contribution in [0.4, 0.5) is 0 Å². The largest absolute Gasteiger partial charge is 0.454 e. The Bertz CT molecular complexity index is 1360. The maximum absolute atomic E-state index is 10.6. The van der Waals surface area contributed by atoms with Crippen LogP contribution in [0.25, 0.3) is 10.9 Å². The van der Waals surface area contributed by atoms with E-state index in [1.54, 1.807) is 7.05 Å². The number of amides is 1. The van der Waals surface area contributed by atoms with E-state index in [4.69, 9.17) is 14.2 Å². The maximum atomic E-state index is 10.6. The number of ether oxygens (including phenoxy) is 3. The van der Waals surface area contributed by atoms with Crippen LogP contribution in [0.2, 0.25) is 8.86 Å². The number of aromatic nitrogens is 1. The van der Waals surface area contributed by atoms with Crippen molar-refractivity contribution in [1.29, 1.82) is 0 Å². The molecule has 8 heteroatoms. The van der Waals surface area contributed by atoms with Gasteiger partial charge in [0.25, 0.3) is 0 Å². The fourth-order valence-corrected chi connectivity index (χ4v) is 6.69. The van der Waals surface area contributed by atoms with Crippen molar-refractivity contribution in [3.8, 4) is 17.2 Å².